The monoisotopic (exact) mass is 286 g/mol. The fourth-order valence-electron chi connectivity index (χ4n) is 4.01. The second-order valence-electron chi connectivity index (χ2n) is 7.24. The third-order valence-electron chi connectivity index (χ3n) is 5.37. The minimum atomic E-state index is 0.655. The first kappa shape index (κ1) is 14.7. The minimum Gasteiger partial charge on any atom is -0.382 e. The molecule has 1 aromatic carbocycles. The molecule has 3 unspecified atom stereocenters. The molecule has 3 rings (SSSR count). The summed E-state index contributed by atoms with van der Waals surface area (Å²) in [6, 6.07) is 9.79. The highest BCUT2D eigenvalue weighted by molar-refractivity contribution is 5.55. The van der Waals surface area contributed by atoms with E-state index in [0.717, 1.165) is 11.8 Å². The Morgan fingerprint density at radius 2 is 1.67 bits per heavy atom. The summed E-state index contributed by atoms with van der Waals surface area (Å²) in [5.74, 6) is 1.69. The minimum absolute atomic E-state index is 0.655. The number of rotatable bonds is 3. The molecular formula is C19H30N2. The molecule has 21 heavy (non-hydrogen) atoms. The maximum absolute atomic E-state index is 3.76. The number of hydrogen-bond donors (Lipinski definition) is 1. The molecule has 0 amide bonds. The maximum atomic E-state index is 3.76. The van der Waals surface area contributed by atoms with Gasteiger partial charge in [0.2, 0.25) is 0 Å². The van der Waals surface area contributed by atoms with E-state index in [0.29, 0.717) is 6.04 Å². The Morgan fingerprint density at radius 3 is 2.33 bits per heavy atom. The molecule has 0 aromatic heterocycles. The summed E-state index contributed by atoms with van der Waals surface area (Å²) in [7, 11) is 0. The van der Waals surface area contributed by atoms with Crippen molar-refractivity contribution in [2.45, 2.75) is 58.4 Å². The summed E-state index contributed by atoms with van der Waals surface area (Å²) in [6.45, 7) is 7.24. The Bertz CT molecular complexity index is 433. The molecule has 2 heteroatoms. The third kappa shape index (κ3) is 3.72. The highest BCUT2D eigenvalue weighted by Gasteiger charge is 2.25. The van der Waals surface area contributed by atoms with Crippen LogP contribution in [0.4, 0.5) is 11.4 Å². The van der Waals surface area contributed by atoms with Crippen LogP contribution in [0, 0.1) is 11.8 Å². The molecule has 3 atom stereocenters. The van der Waals surface area contributed by atoms with Crippen molar-refractivity contribution in [1.29, 1.82) is 0 Å². The molecule has 1 aromatic rings. The Labute approximate surface area is 129 Å². The predicted molar refractivity (Wildman–Crippen MR) is 92.1 cm³/mol. The summed E-state index contributed by atoms with van der Waals surface area (Å²) >= 11 is 0. The zero-order chi connectivity index (χ0) is 14.7. The van der Waals surface area contributed by atoms with Crippen LogP contribution in [0.15, 0.2) is 24.3 Å². The average Bonchev–Trinajstić information content (AvgIpc) is 2.52. The lowest BCUT2D eigenvalue weighted by atomic mass is 9.80. The lowest BCUT2D eigenvalue weighted by molar-refractivity contribution is 0.276. The standard InChI is InChI=1S/C19H30N2/c1-15-6-11-19(16(2)14-15)20-17-7-9-18(10-8-17)21-12-4-3-5-13-21/h7-10,15-16,19-20H,3-6,11-14H2,1-2H3. The lowest BCUT2D eigenvalue weighted by Gasteiger charge is -2.34. The Morgan fingerprint density at radius 1 is 0.952 bits per heavy atom. The first-order valence-corrected chi connectivity index (χ1v) is 8.84. The van der Waals surface area contributed by atoms with E-state index in [-0.39, 0.29) is 0 Å². The van der Waals surface area contributed by atoms with E-state index < -0.39 is 0 Å². The summed E-state index contributed by atoms with van der Waals surface area (Å²) in [5, 5.41) is 3.76. The van der Waals surface area contributed by atoms with Gasteiger partial charge in [-0.3, -0.25) is 0 Å². The van der Waals surface area contributed by atoms with E-state index in [1.54, 1.807) is 0 Å². The molecule has 2 aliphatic rings. The van der Waals surface area contributed by atoms with E-state index in [2.05, 4.69) is 48.3 Å². The van der Waals surface area contributed by atoms with Crippen LogP contribution in [-0.4, -0.2) is 19.1 Å². The summed E-state index contributed by atoms with van der Waals surface area (Å²) in [4.78, 5) is 2.53. The van der Waals surface area contributed by atoms with Gasteiger partial charge in [0.15, 0.2) is 0 Å². The molecule has 1 saturated carbocycles. The van der Waals surface area contributed by atoms with Crippen molar-refractivity contribution >= 4 is 11.4 Å². The Hall–Kier alpha value is -1.18. The molecule has 1 aliphatic carbocycles. The van der Waals surface area contributed by atoms with Crippen LogP contribution in [-0.2, 0) is 0 Å². The van der Waals surface area contributed by atoms with Gasteiger partial charge in [0.05, 0.1) is 0 Å². The van der Waals surface area contributed by atoms with Crippen molar-refractivity contribution in [2.75, 3.05) is 23.3 Å². The van der Waals surface area contributed by atoms with E-state index >= 15 is 0 Å². The Kier molecular flexibility index (Phi) is 4.72. The molecule has 1 saturated heterocycles. The van der Waals surface area contributed by atoms with E-state index in [1.165, 1.54) is 63.0 Å². The van der Waals surface area contributed by atoms with Crippen molar-refractivity contribution in [3.63, 3.8) is 0 Å². The fraction of sp³-hybridized carbons (Fsp3) is 0.684. The number of nitrogens with zero attached hydrogens (tertiary/aromatic N) is 1. The van der Waals surface area contributed by atoms with Crippen LogP contribution < -0.4 is 10.2 Å². The fourth-order valence-corrected chi connectivity index (χ4v) is 4.01. The van der Waals surface area contributed by atoms with E-state index in [4.69, 9.17) is 0 Å². The van der Waals surface area contributed by atoms with Crippen LogP contribution in [0.25, 0.3) is 0 Å². The van der Waals surface area contributed by atoms with Crippen LogP contribution in [0.1, 0.15) is 52.4 Å². The SMILES string of the molecule is CC1CCC(Nc2ccc(N3CCCCC3)cc2)C(C)C1. The molecule has 1 N–H and O–H groups in total. The summed E-state index contributed by atoms with van der Waals surface area (Å²) < 4.78 is 0. The lowest BCUT2D eigenvalue weighted by Crippen LogP contribution is -2.33. The molecule has 1 heterocycles. The quantitative estimate of drug-likeness (QED) is 0.849. The summed E-state index contributed by atoms with van der Waals surface area (Å²) in [5.41, 5.74) is 2.69. The van der Waals surface area contributed by atoms with Gasteiger partial charge in [-0.2, -0.15) is 0 Å². The number of benzene rings is 1. The van der Waals surface area contributed by atoms with Crippen LogP contribution >= 0.6 is 0 Å². The topological polar surface area (TPSA) is 15.3 Å². The van der Waals surface area contributed by atoms with Crippen molar-refractivity contribution < 1.29 is 0 Å². The highest BCUT2D eigenvalue weighted by atomic mass is 15.1. The van der Waals surface area contributed by atoms with Crippen LogP contribution in [0.5, 0.6) is 0 Å². The molecule has 0 spiro atoms. The number of nitrogens with one attached hydrogen (secondary N) is 1. The average molecular weight is 286 g/mol. The molecule has 116 valence electrons. The first-order chi connectivity index (χ1) is 10.2. The zero-order valence-corrected chi connectivity index (χ0v) is 13.6. The van der Waals surface area contributed by atoms with Gasteiger partial charge in [-0.25, -0.2) is 0 Å². The van der Waals surface area contributed by atoms with Gasteiger partial charge in [-0.05, 0) is 74.6 Å². The summed E-state index contributed by atoms with van der Waals surface area (Å²) in [6.07, 6.45) is 8.14. The van der Waals surface area contributed by atoms with Gasteiger partial charge in [0.25, 0.3) is 0 Å². The second kappa shape index (κ2) is 6.72. The molecule has 0 bridgehead atoms. The first-order valence-electron chi connectivity index (χ1n) is 8.84. The highest BCUT2D eigenvalue weighted by Crippen LogP contribution is 2.31. The van der Waals surface area contributed by atoms with Gasteiger partial charge in [-0.15, -0.1) is 0 Å². The predicted octanol–water partition coefficient (Wildman–Crippen LogP) is 4.91. The third-order valence-corrected chi connectivity index (χ3v) is 5.37. The zero-order valence-electron chi connectivity index (χ0n) is 13.6. The number of anilines is 2. The molecule has 0 radical (unpaired) electrons. The van der Waals surface area contributed by atoms with Crippen molar-refractivity contribution in [3.8, 4) is 0 Å². The van der Waals surface area contributed by atoms with Gasteiger partial charge in [-0.1, -0.05) is 13.8 Å². The van der Waals surface area contributed by atoms with Crippen LogP contribution in [0.3, 0.4) is 0 Å². The largest absolute Gasteiger partial charge is 0.382 e. The van der Waals surface area contributed by atoms with E-state index in [1.807, 2.05) is 0 Å². The smallest absolute Gasteiger partial charge is 0.0367 e. The number of hydrogen-bond acceptors (Lipinski definition) is 2. The molecule has 2 fully saturated rings. The van der Waals surface area contributed by atoms with Crippen molar-refractivity contribution in [1.82, 2.24) is 0 Å². The van der Waals surface area contributed by atoms with Crippen LogP contribution in [0.2, 0.25) is 0 Å². The van der Waals surface area contributed by atoms with Crippen molar-refractivity contribution in [3.05, 3.63) is 24.3 Å². The molecular weight excluding hydrogens is 256 g/mol. The molecule has 1 aliphatic heterocycles. The van der Waals surface area contributed by atoms with Gasteiger partial charge in [0.1, 0.15) is 0 Å². The Balaban J connectivity index is 1.59. The van der Waals surface area contributed by atoms with E-state index in [9.17, 15) is 0 Å². The van der Waals surface area contributed by atoms with Gasteiger partial charge < -0.3 is 10.2 Å². The maximum Gasteiger partial charge on any atom is 0.0367 e. The van der Waals surface area contributed by atoms with Crippen molar-refractivity contribution in [2.24, 2.45) is 11.8 Å². The second-order valence-corrected chi connectivity index (χ2v) is 7.24. The van der Waals surface area contributed by atoms with Gasteiger partial charge in [0, 0.05) is 30.5 Å². The molecule has 2 nitrogen and oxygen atoms in total. The normalized spacial score (nSPS) is 30.2. The van der Waals surface area contributed by atoms with Gasteiger partial charge >= 0.3 is 0 Å². The number of piperidine rings is 1.